The van der Waals surface area contributed by atoms with Crippen molar-refractivity contribution in [3.05, 3.63) is 78.7 Å². The summed E-state index contributed by atoms with van der Waals surface area (Å²) in [6.45, 7) is 5.61. The van der Waals surface area contributed by atoms with Crippen molar-refractivity contribution in [2.24, 2.45) is 0 Å². The second-order valence-corrected chi connectivity index (χ2v) is 9.32. The van der Waals surface area contributed by atoms with E-state index in [2.05, 4.69) is 5.32 Å². The average molecular weight is 483 g/mol. The van der Waals surface area contributed by atoms with Gasteiger partial charge in [0.05, 0.1) is 17.2 Å². The van der Waals surface area contributed by atoms with Gasteiger partial charge in [-0.3, -0.25) is 14.2 Å². The molecule has 0 bridgehead atoms. The van der Waals surface area contributed by atoms with Crippen LogP contribution in [0.4, 0.5) is 5.69 Å². The summed E-state index contributed by atoms with van der Waals surface area (Å²) in [5, 5.41) is 2.85. The highest BCUT2D eigenvalue weighted by Crippen LogP contribution is 2.16. The number of thioether (sulfide) groups is 1. The Morgan fingerprint density at radius 1 is 1.15 bits per heavy atom. The van der Waals surface area contributed by atoms with Gasteiger partial charge in [-0.25, -0.2) is 4.79 Å². The number of ether oxygens (including phenoxy) is 1. The van der Waals surface area contributed by atoms with Crippen molar-refractivity contribution in [3.8, 4) is 0 Å². The fraction of sp³-hybridized carbons (Fsp3) is 0.240. The van der Waals surface area contributed by atoms with Crippen LogP contribution >= 0.6 is 23.1 Å². The molecule has 6 nitrogen and oxygen atoms in total. The van der Waals surface area contributed by atoms with Crippen molar-refractivity contribution in [1.29, 1.82) is 0 Å². The SMILES string of the molecule is CCOC(=O)C=c1sc(=Cc2ccc(SC)cc2)c(=O)n1CC(=O)Nc1ccc(C)cc1C. The lowest BCUT2D eigenvalue weighted by Crippen LogP contribution is -2.36. The maximum Gasteiger partial charge on any atom is 0.333 e. The zero-order chi connectivity index (χ0) is 24.0. The Kier molecular flexibility index (Phi) is 8.30. The van der Waals surface area contributed by atoms with Gasteiger partial charge < -0.3 is 10.1 Å². The molecular weight excluding hydrogens is 456 g/mol. The topological polar surface area (TPSA) is 77.4 Å². The number of nitrogens with zero attached hydrogens (tertiary/aromatic N) is 1. The predicted molar refractivity (Wildman–Crippen MR) is 135 cm³/mol. The van der Waals surface area contributed by atoms with Gasteiger partial charge >= 0.3 is 5.97 Å². The summed E-state index contributed by atoms with van der Waals surface area (Å²) >= 11 is 2.79. The third kappa shape index (κ3) is 6.46. The Morgan fingerprint density at radius 2 is 1.88 bits per heavy atom. The first-order valence-electron chi connectivity index (χ1n) is 10.4. The summed E-state index contributed by atoms with van der Waals surface area (Å²) in [5.74, 6) is -0.908. The van der Waals surface area contributed by atoms with Gasteiger partial charge in [0.25, 0.3) is 5.56 Å². The number of thiazole rings is 1. The lowest BCUT2D eigenvalue weighted by atomic mass is 10.1. The van der Waals surface area contributed by atoms with Crippen LogP contribution < -0.4 is 20.1 Å². The molecule has 0 unspecified atom stereocenters. The molecule has 0 radical (unpaired) electrons. The number of carbonyl (C=O) groups is 2. The summed E-state index contributed by atoms with van der Waals surface area (Å²) < 4.78 is 7.11. The first-order valence-corrected chi connectivity index (χ1v) is 12.5. The van der Waals surface area contributed by atoms with Crippen molar-refractivity contribution in [1.82, 2.24) is 4.57 Å². The number of rotatable bonds is 7. The molecule has 33 heavy (non-hydrogen) atoms. The molecule has 2 aromatic carbocycles. The van der Waals surface area contributed by atoms with Crippen LogP contribution in [-0.4, -0.2) is 29.3 Å². The van der Waals surface area contributed by atoms with Gasteiger partial charge in [0.15, 0.2) is 0 Å². The van der Waals surface area contributed by atoms with Gasteiger partial charge in [0, 0.05) is 10.6 Å². The fourth-order valence-electron chi connectivity index (χ4n) is 3.22. The molecule has 0 spiro atoms. The van der Waals surface area contributed by atoms with E-state index in [4.69, 9.17) is 4.74 Å². The number of hydrogen-bond acceptors (Lipinski definition) is 6. The van der Waals surface area contributed by atoms with E-state index in [1.165, 1.54) is 10.6 Å². The molecule has 0 aliphatic rings. The van der Waals surface area contributed by atoms with Crippen LogP contribution in [0.5, 0.6) is 0 Å². The Balaban J connectivity index is 1.99. The number of aryl methyl sites for hydroxylation is 2. The lowest BCUT2D eigenvalue weighted by Gasteiger charge is -2.09. The number of benzene rings is 2. The smallest absolute Gasteiger partial charge is 0.333 e. The predicted octanol–water partition coefficient (Wildman–Crippen LogP) is 3.06. The van der Waals surface area contributed by atoms with Gasteiger partial charge in [-0.2, -0.15) is 0 Å². The molecule has 0 fully saturated rings. The molecule has 0 aliphatic carbocycles. The summed E-state index contributed by atoms with van der Waals surface area (Å²) in [5.41, 5.74) is 3.24. The number of amides is 1. The fourth-order valence-corrected chi connectivity index (χ4v) is 4.66. The number of hydrogen-bond donors (Lipinski definition) is 1. The quantitative estimate of drug-likeness (QED) is 0.414. The highest BCUT2D eigenvalue weighted by molar-refractivity contribution is 7.98. The Labute approximate surface area is 200 Å². The van der Waals surface area contributed by atoms with E-state index in [1.54, 1.807) is 24.8 Å². The normalized spacial score (nSPS) is 12.1. The maximum atomic E-state index is 13.1. The minimum Gasteiger partial charge on any atom is -0.463 e. The number of carbonyl (C=O) groups excluding carboxylic acids is 2. The minimum atomic E-state index is -0.557. The summed E-state index contributed by atoms with van der Waals surface area (Å²) in [6, 6.07) is 13.5. The molecule has 0 aliphatic heterocycles. The number of aromatic nitrogens is 1. The van der Waals surface area contributed by atoms with Crippen LogP contribution in [0, 0.1) is 13.8 Å². The average Bonchev–Trinajstić information content (AvgIpc) is 3.05. The van der Waals surface area contributed by atoms with Gasteiger partial charge in [0.2, 0.25) is 5.91 Å². The first-order chi connectivity index (χ1) is 15.8. The van der Waals surface area contributed by atoms with Gasteiger partial charge in [-0.1, -0.05) is 29.8 Å². The molecular formula is C25H26N2O4S2. The number of nitrogens with one attached hydrogen (secondary N) is 1. The molecule has 8 heteroatoms. The van der Waals surface area contributed by atoms with E-state index in [-0.39, 0.29) is 24.6 Å². The highest BCUT2D eigenvalue weighted by atomic mass is 32.2. The van der Waals surface area contributed by atoms with Crippen LogP contribution in [0.1, 0.15) is 23.6 Å². The van der Waals surface area contributed by atoms with Crippen molar-refractivity contribution in [2.45, 2.75) is 32.2 Å². The summed E-state index contributed by atoms with van der Waals surface area (Å²) in [7, 11) is 0. The van der Waals surface area contributed by atoms with Crippen molar-refractivity contribution >= 4 is 52.8 Å². The minimum absolute atomic E-state index is 0.215. The van der Waals surface area contributed by atoms with Crippen LogP contribution in [0.3, 0.4) is 0 Å². The standard InChI is InChI=1S/C25H26N2O4S2/c1-5-31-24(29)14-23-27(15-22(28)26-20-11-6-16(2)12-17(20)3)25(30)21(33-23)13-18-7-9-19(32-4)10-8-18/h6-14H,5,15H2,1-4H3,(H,26,28). The first kappa shape index (κ1) is 24.5. The molecule has 1 N–H and O–H groups in total. The van der Waals surface area contributed by atoms with E-state index in [9.17, 15) is 14.4 Å². The van der Waals surface area contributed by atoms with Gasteiger partial charge in [-0.05, 0) is 62.4 Å². The van der Waals surface area contributed by atoms with E-state index >= 15 is 0 Å². The molecule has 0 saturated heterocycles. The second-order valence-electron chi connectivity index (χ2n) is 7.38. The van der Waals surface area contributed by atoms with Crippen molar-refractivity contribution in [3.63, 3.8) is 0 Å². The van der Waals surface area contributed by atoms with Crippen molar-refractivity contribution < 1.29 is 14.3 Å². The summed E-state index contributed by atoms with van der Waals surface area (Å²) in [6.07, 6.45) is 5.02. The van der Waals surface area contributed by atoms with Crippen LogP contribution in [0.25, 0.3) is 12.2 Å². The summed E-state index contributed by atoms with van der Waals surface area (Å²) in [4.78, 5) is 39.1. The molecule has 0 atom stereocenters. The largest absolute Gasteiger partial charge is 0.463 e. The third-order valence-electron chi connectivity index (χ3n) is 4.84. The van der Waals surface area contributed by atoms with E-state index < -0.39 is 5.97 Å². The van der Waals surface area contributed by atoms with Crippen LogP contribution in [0.15, 0.2) is 52.2 Å². The van der Waals surface area contributed by atoms with Crippen LogP contribution in [-0.2, 0) is 20.9 Å². The zero-order valence-corrected chi connectivity index (χ0v) is 20.6. The number of esters is 1. The molecule has 1 heterocycles. The van der Waals surface area contributed by atoms with E-state index in [0.29, 0.717) is 14.9 Å². The van der Waals surface area contributed by atoms with Crippen molar-refractivity contribution in [2.75, 3.05) is 18.2 Å². The zero-order valence-electron chi connectivity index (χ0n) is 19.0. The Hall–Kier alpha value is -3.10. The van der Waals surface area contributed by atoms with Crippen LogP contribution in [0.2, 0.25) is 0 Å². The molecule has 3 rings (SSSR count). The second kappa shape index (κ2) is 11.2. The third-order valence-corrected chi connectivity index (χ3v) is 6.64. The maximum absolute atomic E-state index is 13.1. The molecule has 172 valence electrons. The van der Waals surface area contributed by atoms with Gasteiger partial charge in [0.1, 0.15) is 11.2 Å². The molecule has 1 amide bonds. The van der Waals surface area contributed by atoms with E-state index in [1.807, 2.05) is 62.6 Å². The van der Waals surface area contributed by atoms with E-state index in [0.717, 1.165) is 32.9 Å². The highest BCUT2D eigenvalue weighted by Gasteiger charge is 2.12. The monoisotopic (exact) mass is 482 g/mol. The molecule has 1 aromatic heterocycles. The Bertz CT molecular complexity index is 1340. The number of anilines is 1. The lowest BCUT2D eigenvalue weighted by molar-refractivity contribution is -0.135. The molecule has 0 saturated carbocycles. The molecule has 3 aromatic rings. The van der Waals surface area contributed by atoms with Gasteiger partial charge in [-0.15, -0.1) is 23.1 Å². The Morgan fingerprint density at radius 3 is 2.52 bits per heavy atom.